The third-order valence-electron chi connectivity index (χ3n) is 10.5. The number of amides is 2. The van der Waals surface area contributed by atoms with Crippen LogP contribution < -0.4 is 0 Å². The smallest absolute Gasteiger partial charge is 0.455 e. The van der Waals surface area contributed by atoms with Crippen LogP contribution in [-0.4, -0.2) is 77.8 Å². The third kappa shape index (κ3) is 7.40. The molecule has 2 N–H and O–H groups in total. The maximum atomic E-state index is 14.2. The first-order valence-electron chi connectivity index (χ1n) is 17.1. The number of imide groups is 1. The highest BCUT2D eigenvalue weighted by Crippen LogP contribution is 2.51. The number of allylic oxidation sites excluding steroid dienone is 1. The Balaban J connectivity index is 1.19. The van der Waals surface area contributed by atoms with Crippen molar-refractivity contribution in [2.45, 2.75) is 76.9 Å². The lowest BCUT2D eigenvalue weighted by Gasteiger charge is -2.43. The maximum Gasteiger partial charge on any atom is 0.455 e. The van der Waals surface area contributed by atoms with Crippen molar-refractivity contribution >= 4 is 36.6 Å². The molecule has 3 heterocycles. The number of hydrogen-bond donors (Lipinski definition) is 2. The molecule has 3 aliphatic heterocycles. The third-order valence-corrected chi connectivity index (χ3v) is 10.8. The molecule has 0 aromatic heterocycles. The second-order valence-corrected chi connectivity index (χ2v) is 14.0. The van der Waals surface area contributed by atoms with E-state index in [1.165, 1.54) is 11.1 Å². The van der Waals surface area contributed by atoms with Crippen LogP contribution in [0.4, 0.5) is 0 Å². The summed E-state index contributed by atoms with van der Waals surface area (Å²) in [6, 6.07) is 15.3. The van der Waals surface area contributed by atoms with Gasteiger partial charge in [-0.05, 0) is 91.2 Å². The molecule has 4 atom stereocenters. The number of halogens is 1. The molecule has 2 amide bonds. The molecule has 1 aliphatic carbocycles. The fourth-order valence-corrected chi connectivity index (χ4v) is 8.62. The summed E-state index contributed by atoms with van der Waals surface area (Å²) in [6.07, 6.45) is 7.17. The molecule has 0 bridgehead atoms. The zero-order valence-electron chi connectivity index (χ0n) is 27.4. The number of rotatable bonds is 11. The van der Waals surface area contributed by atoms with E-state index in [0.29, 0.717) is 37.2 Å². The van der Waals surface area contributed by atoms with Crippen molar-refractivity contribution in [2.24, 2.45) is 17.8 Å². The number of benzene rings is 2. The van der Waals surface area contributed by atoms with Gasteiger partial charge in [-0.1, -0.05) is 66.9 Å². The summed E-state index contributed by atoms with van der Waals surface area (Å²) < 4.78 is 11.9. The van der Waals surface area contributed by atoms with E-state index in [1.54, 1.807) is 24.1 Å². The molecular formula is C37H46BClN2O6. The topological polar surface area (TPSA) is 99.5 Å². The quantitative estimate of drug-likeness (QED) is 0.170. The number of likely N-dealkylation sites (tertiary alicyclic amines) is 2. The van der Waals surface area contributed by atoms with Crippen LogP contribution in [0.3, 0.4) is 0 Å². The number of nitrogens with zero attached hydrogens (tertiary/aromatic N) is 2. The van der Waals surface area contributed by atoms with Gasteiger partial charge in [0.15, 0.2) is 0 Å². The van der Waals surface area contributed by atoms with Gasteiger partial charge in [0.2, 0.25) is 11.8 Å². The SMILES string of the molecule is CCC/C(=C\c1ccc(O)cc1Cl)CC[C@H]1OB(O)C[C@H]2C1=C(COC)C[C@H]1C(=O)N(C3CCN(Cc4ccccc4)CC3)C(=O)[C@H]12. The second kappa shape index (κ2) is 15.1. The molecule has 3 saturated heterocycles. The maximum absolute atomic E-state index is 14.2. The van der Waals surface area contributed by atoms with Crippen LogP contribution in [0.2, 0.25) is 11.3 Å². The van der Waals surface area contributed by atoms with Gasteiger partial charge in [-0.3, -0.25) is 19.4 Å². The Labute approximate surface area is 283 Å². The highest BCUT2D eigenvalue weighted by molar-refractivity contribution is 6.43. The molecular weight excluding hydrogens is 615 g/mol. The van der Waals surface area contributed by atoms with Gasteiger partial charge in [0, 0.05) is 32.8 Å². The van der Waals surface area contributed by atoms with Crippen LogP contribution in [0.1, 0.15) is 63.0 Å². The van der Waals surface area contributed by atoms with Gasteiger partial charge in [-0.15, -0.1) is 0 Å². The summed E-state index contributed by atoms with van der Waals surface area (Å²) in [4.78, 5) is 32.3. The van der Waals surface area contributed by atoms with E-state index in [0.717, 1.165) is 62.0 Å². The summed E-state index contributed by atoms with van der Waals surface area (Å²) in [5.74, 6) is -1.20. The lowest BCUT2D eigenvalue weighted by atomic mass is 9.58. The number of methoxy groups -OCH3 is 1. The molecule has 0 unspecified atom stereocenters. The first-order valence-corrected chi connectivity index (χ1v) is 17.5. The number of carbonyl (C=O) groups excluding carboxylic acids is 2. The lowest BCUT2D eigenvalue weighted by molar-refractivity contribution is -0.144. The first kappa shape index (κ1) is 33.9. The van der Waals surface area contributed by atoms with Gasteiger partial charge in [0.25, 0.3) is 0 Å². The largest absolute Gasteiger partial charge is 0.508 e. The average molecular weight is 661 g/mol. The van der Waals surface area contributed by atoms with Gasteiger partial charge in [-0.2, -0.15) is 0 Å². The predicted octanol–water partition coefficient (Wildman–Crippen LogP) is 6.12. The number of piperidine rings is 1. The van der Waals surface area contributed by atoms with Crippen molar-refractivity contribution in [1.82, 2.24) is 9.80 Å². The van der Waals surface area contributed by atoms with Gasteiger partial charge in [0.05, 0.1) is 29.6 Å². The minimum atomic E-state index is -1.01. The number of aromatic hydroxyl groups is 1. The summed E-state index contributed by atoms with van der Waals surface area (Å²) in [6.45, 7) is 5.04. The normalized spacial score (nSPS) is 25.8. The highest BCUT2D eigenvalue weighted by Gasteiger charge is 2.58. The van der Waals surface area contributed by atoms with E-state index in [4.69, 9.17) is 21.0 Å². The van der Waals surface area contributed by atoms with Crippen LogP contribution in [0.5, 0.6) is 5.75 Å². The van der Waals surface area contributed by atoms with Gasteiger partial charge in [0.1, 0.15) is 5.75 Å². The molecule has 0 radical (unpaired) electrons. The molecule has 47 heavy (non-hydrogen) atoms. The Morgan fingerprint density at radius 3 is 2.55 bits per heavy atom. The van der Waals surface area contributed by atoms with Crippen molar-refractivity contribution in [3.63, 3.8) is 0 Å². The van der Waals surface area contributed by atoms with Crippen molar-refractivity contribution in [3.8, 4) is 5.75 Å². The fraction of sp³-hybridized carbons (Fsp3) is 0.514. The average Bonchev–Trinajstić information content (AvgIpc) is 3.30. The van der Waals surface area contributed by atoms with Crippen LogP contribution in [-0.2, 0) is 25.5 Å². The molecule has 2 aromatic rings. The summed E-state index contributed by atoms with van der Waals surface area (Å²) in [5, 5.41) is 21.3. The fourth-order valence-electron chi connectivity index (χ4n) is 8.39. The molecule has 3 fully saturated rings. The minimum Gasteiger partial charge on any atom is -0.508 e. The second-order valence-electron chi connectivity index (χ2n) is 13.6. The Kier molecular flexibility index (Phi) is 10.9. The molecule has 6 rings (SSSR count). The van der Waals surface area contributed by atoms with E-state index < -0.39 is 19.0 Å². The van der Waals surface area contributed by atoms with E-state index >= 15 is 0 Å². The number of phenols is 1. The Morgan fingerprint density at radius 2 is 1.85 bits per heavy atom. The monoisotopic (exact) mass is 660 g/mol. The lowest BCUT2D eigenvalue weighted by Crippen LogP contribution is -2.48. The predicted molar refractivity (Wildman–Crippen MR) is 183 cm³/mol. The summed E-state index contributed by atoms with van der Waals surface area (Å²) in [5.41, 5.74) is 5.37. The van der Waals surface area contributed by atoms with Crippen molar-refractivity contribution in [2.75, 3.05) is 26.8 Å². The van der Waals surface area contributed by atoms with E-state index in [2.05, 4.69) is 42.2 Å². The van der Waals surface area contributed by atoms with Crippen LogP contribution in [0.15, 0.2) is 65.3 Å². The van der Waals surface area contributed by atoms with Gasteiger partial charge >= 0.3 is 7.12 Å². The van der Waals surface area contributed by atoms with Crippen LogP contribution >= 0.6 is 11.6 Å². The number of ether oxygens (including phenoxy) is 1. The molecule has 10 heteroatoms. The molecule has 4 aliphatic rings. The van der Waals surface area contributed by atoms with E-state index in [1.807, 2.05) is 12.1 Å². The number of phenolic OH excluding ortho intramolecular Hbond substituents is 1. The molecule has 0 spiro atoms. The Hall–Kier alpha value is -2.95. The Bertz CT molecular complexity index is 1510. The van der Waals surface area contributed by atoms with Gasteiger partial charge in [-0.25, -0.2) is 0 Å². The number of hydrogen-bond acceptors (Lipinski definition) is 7. The number of carbonyl (C=O) groups is 2. The van der Waals surface area contributed by atoms with Crippen LogP contribution in [0.25, 0.3) is 6.08 Å². The standard InChI is InChI=1S/C37H46BClN2O6/c1-3-7-24(18-26-11-12-29(42)20-32(26)39)10-13-33-34-27(23-46-2)19-30-35(31(34)21-38(45)47-33)37(44)41(36(30)43)28-14-16-40(17-15-28)22-25-8-5-4-6-9-25/h4-6,8-9,11-12,18,20,28,30-31,33,35,42,45H,3,7,10,13-17,19,21-23H2,1-2H3/b24-18+/t30-,31+,33-,35-/m1/s1. The van der Waals surface area contributed by atoms with Crippen molar-refractivity contribution in [3.05, 3.63) is 81.4 Å². The molecule has 250 valence electrons. The van der Waals surface area contributed by atoms with E-state index in [9.17, 15) is 19.7 Å². The molecule has 8 nitrogen and oxygen atoms in total. The summed E-state index contributed by atoms with van der Waals surface area (Å²) >= 11 is 6.42. The van der Waals surface area contributed by atoms with Crippen molar-refractivity contribution < 1.29 is 29.1 Å². The summed E-state index contributed by atoms with van der Waals surface area (Å²) in [7, 11) is 0.641. The molecule has 0 saturated carbocycles. The van der Waals surface area contributed by atoms with E-state index in [-0.39, 0.29) is 35.6 Å². The zero-order valence-corrected chi connectivity index (χ0v) is 28.2. The van der Waals surface area contributed by atoms with Crippen LogP contribution in [0, 0.1) is 17.8 Å². The number of fused-ring (bicyclic) bond motifs is 3. The molecule has 2 aromatic carbocycles. The Morgan fingerprint density at radius 1 is 1.09 bits per heavy atom. The first-order chi connectivity index (χ1) is 22.8. The van der Waals surface area contributed by atoms with Gasteiger partial charge < -0.3 is 19.5 Å². The minimum absolute atomic E-state index is 0.0642. The highest BCUT2D eigenvalue weighted by atomic mass is 35.5. The zero-order chi connectivity index (χ0) is 33.1. The van der Waals surface area contributed by atoms with Crippen molar-refractivity contribution in [1.29, 1.82) is 0 Å².